The van der Waals surface area contributed by atoms with Crippen LogP contribution in [-0.2, 0) is 11.8 Å². The highest BCUT2D eigenvalue weighted by atomic mass is 16.5. The summed E-state index contributed by atoms with van der Waals surface area (Å²) in [7, 11) is 1.75. The molecule has 0 radical (unpaired) electrons. The second-order valence-corrected chi connectivity index (χ2v) is 9.00. The lowest BCUT2D eigenvalue weighted by molar-refractivity contribution is 0.0129. The molecule has 2 N–H and O–H groups in total. The number of H-pyrrole nitrogens is 1. The zero-order valence-electron chi connectivity index (χ0n) is 16.2. The molecule has 5 atom stereocenters. The van der Waals surface area contributed by atoms with Crippen LogP contribution < -0.4 is 14.8 Å². The number of piperidine rings is 1. The van der Waals surface area contributed by atoms with Crippen LogP contribution in [0.2, 0.25) is 0 Å². The monoisotopic (exact) mass is 372 g/mol. The second-order valence-electron chi connectivity index (χ2n) is 9.00. The fraction of sp³-hybridized carbons (Fsp3) is 0.417. The van der Waals surface area contributed by atoms with Crippen LogP contribution in [0.4, 0.5) is 0 Å². The molecule has 2 bridgehead atoms. The Morgan fingerprint density at radius 2 is 2.07 bits per heavy atom. The zero-order valence-corrected chi connectivity index (χ0v) is 16.2. The summed E-state index contributed by atoms with van der Waals surface area (Å²) in [5, 5.41) is 5.22. The summed E-state index contributed by atoms with van der Waals surface area (Å²) in [6.45, 7) is 3.49. The Morgan fingerprint density at radius 3 is 2.96 bits per heavy atom. The molecule has 3 heterocycles. The Morgan fingerprint density at radius 1 is 1.18 bits per heavy atom. The van der Waals surface area contributed by atoms with Crippen LogP contribution in [0.1, 0.15) is 47.8 Å². The number of ether oxygens (including phenoxy) is 2. The van der Waals surface area contributed by atoms with Crippen molar-refractivity contribution in [2.75, 3.05) is 13.7 Å². The molecule has 3 aromatic rings. The van der Waals surface area contributed by atoms with Gasteiger partial charge in [-0.3, -0.25) is 0 Å². The van der Waals surface area contributed by atoms with E-state index in [0.717, 1.165) is 30.9 Å². The van der Waals surface area contributed by atoms with Gasteiger partial charge in [0.25, 0.3) is 0 Å². The average molecular weight is 372 g/mol. The van der Waals surface area contributed by atoms with Crippen molar-refractivity contribution < 1.29 is 9.47 Å². The molecule has 142 valence electrons. The number of fused-ring (bicyclic) bond motifs is 4. The highest BCUT2D eigenvalue weighted by molar-refractivity contribution is 5.86. The topological polar surface area (TPSA) is 46.3 Å². The van der Waals surface area contributed by atoms with Crippen molar-refractivity contribution in [3.05, 3.63) is 58.8 Å². The van der Waals surface area contributed by atoms with Crippen molar-refractivity contribution in [3.63, 3.8) is 0 Å². The average Bonchev–Trinajstić information content (AvgIpc) is 3.25. The third kappa shape index (κ3) is 1.53. The quantitative estimate of drug-likeness (QED) is 0.673. The Labute approximate surface area is 164 Å². The fourth-order valence-electron chi connectivity index (χ4n) is 7.24. The first-order valence-corrected chi connectivity index (χ1v) is 10.4. The highest BCUT2D eigenvalue weighted by Crippen LogP contribution is 2.69. The van der Waals surface area contributed by atoms with Gasteiger partial charge in [0.1, 0.15) is 6.10 Å². The van der Waals surface area contributed by atoms with Crippen molar-refractivity contribution in [3.8, 4) is 11.5 Å². The molecule has 4 nitrogen and oxygen atoms in total. The molecule has 0 amide bonds. The standard InChI is InChI=1S/C24H24N2O2/c1-12-18-14-5-3-4-6-15(14)26-21(18)23-24-9-10-25-16(19(12)24)11-13-7-8-17(27-2)22(28-23)20(13)24/h3-8,12,16,19,23,25-26H,9-11H2,1-2H3/t12-,16+,19-,23-,24-/m0/s1. The van der Waals surface area contributed by atoms with Gasteiger partial charge < -0.3 is 19.8 Å². The summed E-state index contributed by atoms with van der Waals surface area (Å²) in [5.74, 6) is 2.89. The number of hydrogen-bond donors (Lipinski definition) is 2. The lowest BCUT2D eigenvalue weighted by Crippen LogP contribution is -2.62. The van der Waals surface area contributed by atoms with E-state index in [0.29, 0.717) is 17.9 Å². The van der Waals surface area contributed by atoms with Crippen LogP contribution in [0.25, 0.3) is 10.9 Å². The van der Waals surface area contributed by atoms with Crippen LogP contribution >= 0.6 is 0 Å². The highest BCUT2D eigenvalue weighted by Gasteiger charge is 2.66. The van der Waals surface area contributed by atoms with Gasteiger partial charge in [0.2, 0.25) is 0 Å². The molecule has 1 saturated heterocycles. The zero-order chi connectivity index (χ0) is 18.6. The lowest BCUT2D eigenvalue weighted by atomic mass is 9.49. The van der Waals surface area contributed by atoms with E-state index in [9.17, 15) is 0 Å². The molecule has 1 spiro atoms. The maximum Gasteiger partial charge on any atom is 0.166 e. The molecule has 2 aromatic carbocycles. The molecule has 4 aliphatic rings. The summed E-state index contributed by atoms with van der Waals surface area (Å²) in [6.07, 6.45) is 2.24. The van der Waals surface area contributed by atoms with E-state index < -0.39 is 0 Å². The smallest absolute Gasteiger partial charge is 0.166 e. The number of hydrogen-bond acceptors (Lipinski definition) is 3. The minimum atomic E-state index is 0.0423. The van der Waals surface area contributed by atoms with Crippen molar-refractivity contribution in [1.29, 1.82) is 0 Å². The van der Waals surface area contributed by atoms with Crippen LogP contribution in [0.5, 0.6) is 11.5 Å². The summed E-state index contributed by atoms with van der Waals surface area (Å²) >= 11 is 0. The van der Waals surface area contributed by atoms with Crippen molar-refractivity contribution in [2.24, 2.45) is 5.92 Å². The third-order valence-electron chi connectivity index (χ3n) is 8.04. The van der Waals surface area contributed by atoms with Crippen molar-refractivity contribution >= 4 is 10.9 Å². The number of methoxy groups -OCH3 is 1. The van der Waals surface area contributed by atoms with Gasteiger partial charge in [-0.1, -0.05) is 31.2 Å². The number of benzene rings is 2. The van der Waals surface area contributed by atoms with E-state index in [1.54, 1.807) is 7.11 Å². The largest absolute Gasteiger partial charge is 0.493 e. The van der Waals surface area contributed by atoms with E-state index in [4.69, 9.17) is 9.47 Å². The molecule has 1 aromatic heterocycles. The number of aromatic nitrogens is 1. The minimum absolute atomic E-state index is 0.0423. The van der Waals surface area contributed by atoms with E-state index in [-0.39, 0.29) is 11.5 Å². The maximum absolute atomic E-state index is 6.82. The number of aromatic amines is 1. The molecule has 2 aliphatic heterocycles. The van der Waals surface area contributed by atoms with Gasteiger partial charge in [-0.15, -0.1) is 0 Å². The van der Waals surface area contributed by atoms with E-state index in [1.807, 2.05) is 0 Å². The molecule has 0 unspecified atom stereocenters. The molecule has 2 aliphatic carbocycles. The lowest BCUT2D eigenvalue weighted by Gasteiger charge is -2.57. The first-order chi connectivity index (χ1) is 13.7. The van der Waals surface area contributed by atoms with E-state index >= 15 is 0 Å². The predicted molar refractivity (Wildman–Crippen MR) is 108 cm³/mol. The Kier molecular flexibility index (Phi) is 2.72. The Hall–Kier alpha value is -2.46. The van der Waals surface area contributed by atoms with Crippen LogP contribution in [-0.4, -0.2) is 24.7 Å². The molecule has 0 saturated carbocycles. The van der Waals surface area contributed by atoms with Gasteiger partial charge in [0.15, 0.2) is 11.5 Å². The van der Waals surface area contributed by atoms with E-state index in [2.05, 4.69) is 53.6 Å². The molecular weight excluding hydrogens is 348 g/mol. The summed E-state index contributed by atoms with van der Waals surface area (Å²) in [4.78, 5) is 3.77. The van der Waals surface area contributed by atoms with Gasteiger partial charge in [-0.05, 0) is 54.5 Å². The first-order valence-electron chi connectivity index (χ1n) is 10.4. The van der Waals surface area contributed by atoms with Gasteiger partial charge in [0.05, 0.1) is 12.8 Å². The predicted octanol–water partition coefficient (Wildman–Crippen LogP) is 4.20. The normalized spacial score (nSPS) is 33.9. The Bertz CT molecular complexity index is 1150. The van der Waals surface area contributed by atoms with Gasteiger partial charge in [-0.2, -0.15) is 0 Å². The van der Waals surface area contributed by atoms with Crippen LogP contribution in [0.15, 0.2) is 36.4 Å². The van der Waals surface area contributed by atoms with Crippen molar-refractivity contribution in [1.82, 2.24) is 10.3 Å². The van der Waals surface area contributed by atoms with Crippen molar-refractivity contribution in [2.45, 2.75) is 43.2 Å². The summed E-state index contributed by atoms with van der Waals surface area (Å²) in [6, 6.07) is 13.6. The maximum atomic E-state index is 6.82. The van der Waals surface area contributed by atoms with Crippen LogP contribution in [0, 0.1) is 5.92 Å². The van der Waals surface area contributed by atoms with Crippen LogP contribution in [0.3, 0.4) is 0 Å². The molecule has 4 heteroatoms. The van der Waals surface area contributed by atoms with Gasteiger partial charge in [-0.25, -0.2) is 0 Å². The number of nitrogens with one attached hydrogen (secondary N) is 2. The SMILES string of the molecule is COc1ccc2c3c1O[C@H]1c4[nH]c5ccccc5c4[C@H](C)[C@H]4[C@@H](C2)NCC[C@@]341. The number of rotatable bonds is 1. The third-order valence-corrected chi connectivity index (χ3v) is 8.04. The molecule has 1 fully saturated rings. The molecule has 28 heavy (non-hydrogen) atoms. The van der Waals surface area contributed by atoms with E-state index in [1.165, 1.54) is 33.3 Å². The van der Waals surface area contributed by atoms with Gasteiger partial charge >= 0.3 is 0 Å². The molecule has 7 rings (SSSR count). The second kappa shape index (κ2) is 4.93. The first kappa shape index (κ1) is 15.5. The Balaban J connectivity index is 1.60. The minimum Gasteiger partial charge on any atom is -0.493 e. The molecular formula is C24H24N2O2. The number of para-hydroxylation sites is 1. The summed E-state index contributed by atoms with van der Waals surface area (Å²) in [5.41, 5.74) is 6.90. The fourth-order valence-corrected chi connectivity index (χ4v) is 7.24. The van der Waals surface area contributed by atoms with Gasteiger partial charge in [0, 0.05) is 27.9 Å². The summed E-state index contributed by atoms with van der Waals surface area (Å²) < 4.78 is 12.6.